The molecular formula is C19H26N2O2S. The number of thiophene rings is 1. The Bertz CT molecular complexity index is 610. The third kappa shape index (κ3) is 5.05. The zero-order valence-corrected chi connectivity index (χ0v) is 15.0. The molecule has 3 rings (SSSR count). The van der Waals surface area contributed by atoms with Gasteiger partial charge in [0.15, 0.2) is 0 Å². The van der Waals surface area contributed by atoms with Crippen molar-refractivity contribution >= 4 is 17.0 Å². The van der Waals surface area contributed by atoms with Gasteiger partial charge in [0.1, 0.15) is 0 Å². The van der Waals surface area contributed by atoms with Gasteiger partial charge in [-0.05, 0) is 36.1 Å². The summed E-state index contributed by atoms with van der Waals surface area (Å²) in [5.74, 6) is 0. The van der Waals surface area contributed by atoms with E-state index < -0.39 is 6.10 Å². The van der Waals surface area contributed by atoms with Crippen molar-refractivity contribution in [3.63, 3.8) is 0 Å². The summed E-state index contributed by atoms with van der Waals surface area (Å²) in [5.41, 5.74) is 2.60. The summed E-state index contributed by atoms with van der Waals surface area (Å²) in [6, 6.07) is 12.7. The number of rotatable bonds is 7. The highest BCUT2D eigenvalue weighted by Gasteiger charge is 2.19. The smallest absolute Gasteiger partial charge is 0.0900 e. The quantitative estimate of drug-likeness (QED) is 0.836. The monoisotopic (exact) mass is 346 g/mol. The number of hydrogen-bond acceptors (Lipinski definition) is 5. The van der Waals surface area contributed by atoms with Crippen LogP contribution in [0, 0.1) is 6.92 Å². The number of benzene rings is 1. The van der Waals surface area contributed by atoms with Gasteiger partial charge in [-0.15, -0.1) is 11.3 Å². The number of aliphatic hydroxyl groups excluding tert-OH is 1. The molecule has 1 aliphatic rings. The molecular weight excluding hydrogens is 320 g/mol. The summed E-state index contributed by atoms with van der Waals surface area (Å²) in [4.78, 5) is 5.95. The number of ether oxygens (including phenoxy) is 1. The van der Waals surface area contributed by atoms with Crippen LogP contribution in [-0.2, 0) is 11.3 Å². The molecule has 1 aromatic carbocycles. The summed E-state index contributed by atoms with van der Waals surface area (Å²) < 4.78 is 5.61. The number of aliphatic hydroxyl groups is 1. The minimum Gasteiger partial charge on any atom is -0.389 e. The minimum atomic E-state index is -0.421. The number of hydrogen-bond donors (Lipinski definition) is 1. The number of nitrogens with zero attached hydrogens (tertiary/aromatic N) is 2. The van der Waals surface area contributed by atoms with E-state index in [9.17, 15) is 5.11 Å². The summed E-state index contributed by atoms with van der Waals surface area (Å²) in [6.45, 7) is 7.79. The lowest BCUT2D eigenvalue weighted by Gasteiger charge is -2.37. The molecule has 4 nitrogen and oxygen atoms in total. The van der Waals surface area contributed by atoms with Crippen molar-refractivity contribution < 1.29 is 9.84 Å². The molecule has 130 valence electrons. The van der Waals surface area contributed by atoms with Gasteiger partial charge in [0.25, 0.3) is 0 Å². The van der Waals surface area contributed by atoms with E-state index in [1.54, 1.807) is 11.3 Å². The molecule has 1 unspecified atom stereocenters. The Hall–Kier alpha value is -1.40. The van der Waals surface area contributed by atoms with E-state index in [0.29, 0.717) is 19.8 Å². The lowest BCUT2D eigenvalue weighted by Crippen LogP contribution is -2.49. The minimum absolute atomic E-state index is 0.399. The van der Waals surface area contributed by atoms with Crippen LogP contribution >= 0.6 is 11.3 Å². The van der Waals surface area contributed by atoms with E-state index in [1.165, 1.54) is 16.1 Å². The molecule has 2 heterocycles. The maximum Gasteiger partial charge on any atom is 0.0900 e. The van der Waals surface area contributed by atoms with Crippen molar-refractivity contribution in [1.29, 1.82) is 0 Å². The fourth-order valence-corrected chi connectivity index (χ4v) is 3.69. The highest BCUT2D eigenvalue weighted by Crippen LogP contribution is 2.18. The van der Waals surface area contributed by atoms with Crippen LogP contribution in [0.3, 0.4) is 0 Å². The third-order valence-electron chi connectivity index (χ3n) is 4.34. The Labute approximate surface area is 148 Å². The highest BCUT2D eigenvalue weighted by molar-refractivity contribution is 7.09. The third-order valence-corrected chi connectivity index (χ3v) is 5.19. The van der Waals surface area contributed by atoms with Crippen molar-refractivity contribution in [2.45, 2.75) is 19.6 Å². The Morgan fingerprint density at radius 3 is 2.71 bits per heavy atom. The largest absolute Gasteiger partial charge is 0.389 e. The van der Waals surface area contributed by atoms with Gasteiger partial charge in [-0.25, -0.2) is 0 Å². The molecule has 1 atom stereocenters. The molecule has 24 heavy (non-hydrogen) atoms. The average molecular weight is 346 g/mol. The summed E-state index contributed by atoms with van der Waals surface area (Å²) in [5, 5.41) is 12.2. The van der Waals surface area contributed by atoms with Gasteiger partial charge < -0.3 is 14.7 Å². The van der Waals surface area contributed by atoms with Gasteiger partial charge in [-0.1, -0.05) is 18.2 Å². The Morgan fingerprint density at radius 2 is 2.00 bits per heavy atom. The molecule has 1 aliphatic heterocycles. The van der Waals surface area contributed by atoms with Gasteiger partial charge in [0.05, 0.1) is 19.3 Å². The first-order valence-corrected chi connectivity index (χ1v) is 9.41. The molecule has 0 spiro atoms. The first-order chi connectivity index (χ1) is 11.7. The molecule has 0 saturated carbocycles. The van der Waals surface area contributed by atoms with E-state index in [0.717, 1.165) is 26.2 Å². The van der Waals surface area contributed by atoms with Crippen molar-refractivity contribution in [3.8, 4) is 0 Å². The van der Waals surface area contributed by atoms with Crippen LogP contribution in [0.5, 0.6) is 0 Å². The molecule has 0 bridgehead atoms. The molecule has 1 saturated heterocycles. The zero-order valence-electron chi connectivity index (χ0n) is 14.2. The number of anilines is 1. The average Bonchev–Trinajstić information content (AvgIpc) is 3.09. The van der Waals surface area contributed by atoms with Gasteiger partial charge in [0, 0.05) is 43.3 Å². The van der Waals surface area contributed by atoms with Crippen LogP contribution in [-0.4, -0.2) is 55.4 Å². The van der Waals surface area contributed by atoms with E-state index in [1.807, 2.05) is 11.4 Å². The number of piperazine rings is 1. The van der Waals surface area contributed by atoms with Crippen molar-refractivity contribution in [3.05, 3.63) is 52.2 Å². The maximum absolute atomic E-state index is 10.2. The maximum atomic E-state index is 10.2. The first-order valence-electron chi connectivity index (χ1n) is 8.53. The topological polar surface area (TPSA) is 35.9 Å². The van der Waals surface area contributed by atoms with Crippen LogP contribution in [0.4, 0.5) is 5.69 Å². The van der Waals surface area contributed by atoms with E-state index in [-0.39, 0.29) is 0 Å². The lowest BCUT2D eigenvalue weighted by molar-refractivity contribution is 0.00991. The SMILES string of the molecule is Cc1cccc(N2CCN(CC(O)COCc3cccs3)CC2)c1. The summed E-state index contributed by atoms with van der Waals surface area (Å²) in [7, 11) is 0. The molecule has 0 amide bonds. The Morgan fingerprint density at radius 1 is 1.17 bits per heavy atom. The fourth-order valence-electron chi connectivity index (χ4n) is 3.05. The van der Waals surface area contributed by atoms with Gasteiger partial charge in [-0.2, -0.15) is 0 Å². The Kier molecular flexibility index (Phi) is 6.26. The molecule has 2 aromatic rings. The standard InChI is InChI=1S/C19H26N2O2S/c1-16-4-2-5-17(12-16)21-9-7-20(8-10-21)13-18(22)14-23-15-19-6-3-11-24-19/h2-6,11-12,18,22H,7-10,13-15H2,1H3. The van der Waals surface area contributed by atoms with Crippen molar-refractivity contribution in [2.75, 3.05) is 44.2 Å². The zero-order chi connectivity index (χ0) is 16.8. The molecule has 5 heteroatoms. The first kappa shape index (κ1) is 17.4. The second-order valence-electron chi connectivity index (χ2n) is 6.37. The van der Waals surface area contributed by atoms with Crippen LogP contribution in [0.15, 0.2) is 41.8 Å². The lowest BCUT2D eigenvalue weighted by atomic mass is 10.2. The predicted octanol–water partition coefficient (Wildman–Crippen LogP) is 2.76. The Balaban J connectivity index is 1.37. The van der Waals surface area contributed by atoms with Gasteiger partial charge in [0.2, 0.25) is 0 Å². The molecule has 0 aliphatic carbocycles. The van der Waals surface area contributed by atoms with E-state index >= 15 is 0 Å². The highest BCUT2D eigenvalue weighted by atomic mass is 32.1. The van der Waals surface area contributed by atoms with Crippen LogP contribution < -0.4 is 4.90 Å². The molecule has 1 fully saturated rings. The van der Waals surface area contributed by atoms with Crippen LogP contribution in [0.2, 0.25) is 0 Å². The fraction of sp³-hybridized carbons (Fsp3) is 0.474. The predicted molar refractivity (Wildman–Crippen MR) is 99.8 cm³/mol. The second kappa shape index (κ2) is 8.62. The summed E-state index contributed by atoms with van der Waals surface area (Å²) >= 11 is 1.69. The molecule has 1 aromatic heterocycles. The second-order valence-corrected chi connectivity index (χ2v) is 7.41. The van der Waals surface area contributed by atoms with Crippen LogP contribution in [0.25, 0.3) is 0 Å². The van der Waals surface area contributed by atoms with Crippen molar-refractivity contribution in [1.82, 2.24) is 4.90 Å². The van der Waals surface area contributed by atoms with E-state index in [2.05, 4.69) is 47.1 Å². The van der Waals surface area contributed by atoms with Gasteiger partial charge >= 0.3 is 0 Å². The molecule has 1 N–H and O–H groups in total. The van der Waals surface area contributed by atoms with Gasteiger partial charge in [-0.3, -0.25) is 4.90 Å². The van der Waals surface area contributed by atoms with E-state index in [4.69, 9.17) is 4.74 Å². The normalized spacial score (nSPS) is 17.2. The number of β-amino-alcohol motifs (C(OH)–C–C–N with tert-alkyl or cyclic N) is 1. The van der Waals surface area contributed by atoms with Crippen molar-refractivity contribution in [2.24, 2.45) is 0 Å². The summed E-state index contributed by atoms with van der Waals surface area (Å²) in [6.07, 6.45) is -0.421. The molecule has 0 radical (unpaired) electrons. The number of aryl methyl sites for hydroxylation is 1. The van der Waals surface area contributed by atoms with Crippen LogP contribution in [0.1, 0.15) is 10.4 Å².